The van der Waals surface area contributed by atoms with Crippen LogP contribution in [0.1, 0.15) is 43.7 Å². The van der Waals surface area contributed by atoms with Crippen LogP contribution in [0.25, 0.3) is 0 Å². The minimum Gasteiger partial charge on any atom is -0.497 e. The van der Waals surface area contributed by atoms with E-state index < -0.39 is 5.97 Å². The first-order chi connectivity index (χ1) is 10.1. The molecule has 0 saturated heterocycles. The van der Waals surface area contributed by atoms with E-state index in [-0.39, 0.29) is 11.8 Å². The second-order valence-corrected chi connectivity index (χ2v) is 5.89. The molecule has 0 aliphatic heterocycles. The maximum absolute atomic E-state index is 11.5. The summed E-state index contributed by atoms with van der Waals surface area (Å²) in [6.45, 7) is 6.02. The van der Waals surface area contributed by atoms with Crippen LogP contribution in [0, 0.1) is 5.92 Å². The molecule has 0 radical (unpaired) electrons. The maximum atomic E-state index is 11.5. The number of hydrogen-bond acceptors (Lipinski definition) is 2. The van der Waals surface area contributed by atoms with Crippen molar-refractivity contribution in [2.75, 3.05) is 7.11 Å². The van der Waals surface area contributed by atoms with Gasteiger partial charge in [0.25, 0.3) is 0 Å². The molecule has 2 unspecified atom stereocenters. The molecule has 0 heterocycles. The number of carboxylic acids is 1. The Kier molecular flexibility index (Phi) is 4.71. The summed E-state index contributed by atoms with van der Waals surface area (Å²) < 4.78 is 5.35. The number of hydrogen-bond donors (Lipinski definition) is 1. The van der Waals surface area contributed by atoms with Crippen molar-refractivity contribution < 1.29 is 14.6 Å². The van der Waals surface area contributed by atoms with Crippen LogP contribution in [0.2, 0.25) is 0 Å². The molecule has 1 aromatic carbocycles. The van der Waals surface area contributed by atoms with E-state index in [0.717, 1.165) is 30.6 Å². The van der Waals surface area contributed by atoms with Crippen LogP contribution in [0.3, 0.4) is 0 Å². The molecular formula is C18H24O3. The Morgan fingerprint density at radius 1 is 1.57 bits per heavy atom. The molecule has 21 heavy (non-hydrogen) atoms. The first kappa shape index (κ1) is 15.6. The Morgan fingerprint density at radius 2 is 2.33 bits per heavy atom. The number of aliphatic carboxylic acids is 1. The maximum Gasteiger partial charge on any atom is 0.304 e. The fourth-order valence-electron chi connectivity index (χ4n) is 3.90. The zero-order valence-corrected chi connectivity index (χ0v) is 12.9. The van der Waals surface area contributed by atoms with Gasteiger partial charge in [-0.3, -0.25) is 4.79 Å². The van der Waals surface area contributed by atoms with Gasteiger partial charge in [0.2, 0.25) is 0 Å². The molecule has 3 nitrogen and oxygen atoms in total. The zero-order chi connectivity index (χ0) is 15.5. The summed E-state index contributed by atoms with van der Waals surface area (Å²) in [5, 5.41) is 9.46. The summed E-state index contributed by atoms with van der Waals surface area (Å²) in [7, 11) is 1.65. The molecule has 0 aromatic heterocycles. The molecule has 3 heteroatoms. The van der Waals surface area contributed by atoms with Crippen LogP contribution in [0.5, 0.6) is 5.75 Å². The Bertz CT molecular complexity index is 535. The van der Waals surface area contributed by atoms with E-state index in [4.69, 9.17) is 4.74 Å². The second-order valence-electron chi connectivity index (χ2n) is 5.89. The van der Waals surface area contributed by atoms with Gasteiger partial charge in [-0.25, -0.2) is 0 Å². The predicted octanol–water partition coefficient (Wildman–Crippen LogP) is 3.96. The molecule has 1 aliphatic rings. The van der Waals surface area contributed by atoms with Crippen molar-refractivity contribution in [3.63, 3.8) is 0 Å². The Hall–Kier alpha value is -1.77. The Balaban J connectivity index is 2.61. The SMILES string of the molecule is C=CCC1(CC(=O)O)c2cc(OC)ccc2CCC1CC. The van der Waals surface area contributed by atoms with Crippen molar-refractivity contribution in [3.8, 4) is 5.75 Å². The fourth-order valence-corrected chi connectivity index (χ4v) is 3.90. The van der Waals surface area contributed by atoms with Gasteiger partial charge in [-0.1, -0.05) is 25.5 Å². The number of fused-ring (bicyclic) bond motifs is 1. The third-order valence-corrected chi connectivity index (χ3v) is 4.87. The molecule has 2 rings (SSSR count). The molecule has 1 N–H and O–H groups in total. The lowest BCUT2D eigenvalue weighted by molar-refractivity contribution is -0.139. The number of rotatable bonds is 6. The minimum atomic E-state index is -0.744. The molecule has 1 aromatic rings. The molecule has 0 spiro atoms. The highest BCUT2D eigenvalue weighted by Crippen LogP contribution is 2.49. The minimum absolute atomic E-state index is 0.150. The molecule has 0 bridgehead atoms. The van der Waals surface area contributed by atoms with Gasteiger partial charge in [-0.2, -0.15) is 0 Å². The van der Waals surface area contributed by atoms with E-state index in [1.54, 1.807) is 7.11 Å². The highest BCUT2D eigenvalue weighted by atomic mass is 16.5. The van der Waals surface area contributed by atoms with Crippen molar-refractivity contribution in [2.45, 2.75) is 44.4 Å². The Morgan fingerprint density at radius 3 is 2.90 bits per heavy atom. The van der Waals surface area contributed by atoms with Gasteiger partial charge in [0, 0.05) is 5.41 Å². The number of benzene rings is 1. The van der Waals surface area contributed by atoms with Gasteiger partial charge in [0.1, 0.15) is 5.75 Å². The van der Waals surface area contributed by atoms with E-state index in [0.29, 0.717) is 12.3 Å². The van der Waals surface area contributed by atoms with Gasteiger partial charge < -0.3 is 9.84 Å². The molecular weight excluding hydrogens is 264 g/mol. The van der Waals surface area contributed by atoms with Gasteiger partial charge in [-0.15, -0.1) is 6.58 Å². The number of aryl methyl sites for hydroxylation is 1. The molecule has 0 amide bonds. The van der Waals surface area contributed by atoms with Gasteiger partial charge in [-0.05, 0) is 48.4 Å². The molecule has 0 saturated carbocycles. The first-order valence-electron chi connectivity index (χ1n) is 7.57. The number of methoxy groups -OCH3 is 1. The summed E-state index contributed by atoms with van der Waals surface area (Å²) in [6, 6.07) is 6.08. The van der Waals surface area contributed by atoms with E-state index in [1.807, 2.05) is 18.2 Å². The van der Waals surface area contributed by atoms with Crippen LogP contribution < -0.4 is 4.74 Å². The van der Waals surface area contributed by atoms with Crippen LogP contribution in [-0.2, 0) is 16.6 Å². The van der Waals surface area contributed by atoms with Crippen molar-refractivity contribution in [3.05, 3.63) is 42.0 Å². The summed E-state index contributed by atoms with van der Waals surface area (Å²) in [6.07, 6.45) is 5.74. The van der Waals surface area contributed by atoms with Crippen molar-refractivity contribution in [2.24, 2.45) is 5.92 Å². The smallest absolute Gasteiger partial charge is 0.304 e. The number of carbonyl (C=O) groups is 1. The van der Waals surface area contributed by atoms with Gasteiger partial charge in [0.05, 0.1) is 13.5 Å². The normalized spacial score (nSPS) is 24.2. The number of carboxylic acid groups (broad SMARTS) is 1. The average molecular weight is 288 g/mol. The largest absolute Gasteiger partial charge is 0.497 e. The fraction of sp³-hybridized carbons (Fsp3) is 0.500. The van der Waals surface area contributed by atoms with Gasteiger partial charge in [0.15, 0.2) is 0 Å². The number of ether oxygens (including phenoxy) is 1. The van der Waals surface area contributed by atoms with Crippen LogP contribution in [0.4, 0.5) is 0 Å². The van der Waals surface area contributed by atoms with Crippen molar-refractivity contribution in [1.82, 2.24) is 0 Å². The van der Waals surface area contributed by atoms with E-state index >= 15 is 0 Å². The van der Waals surface area contributed by atoms with Crippen LogP contribution in [-0.4, -0.2) is 18.2 Å². The van der Waals surface area contributed by atoms with Crippen LogP contribution >= 0.6 is 0 Å². The molecule has 1 aliphatic carbocycles. The lowest BCUT2D eigenvalue weighted by Crippen LogP contribution is -2.41. The Labute approximate surface area is 126 Å². The molecule has 0 fully saturated rings. The summed E-state index contributed by atoms with van der Waals surface area (Å²) in [5.74, 6) is 0.418. The monoisotopic (exact) mass is 288 g/mol. The predicted molar refractivity (Wildman–Crippen MR) is 83.8 cm³/mol. The molecule has 114 valence electrons. The van der Waals surface area contributed by atoms with E-state index in [2.05, 4.69) is 19.6 Å². The lowest BCUT2D eigenvalue weighted by Gasteiger charge is -2.44. The zero-order valence-electron chi connectivity index (χ0n) is 12.9. The van der Waals surface area contributed by atoms with Gasteiger partial charge >= 0.3 is 5.97 Å². The summed E-state index contributed by atoms with van der Waals surface area (Å²) in [4.78, 5) is 11.5. The van der Waals surface area contributed by atoms with Crippen molar-refractivity contribution in [1.29, 1.82) is 0 Å². The summed E-state index contributed by atoms with van der Waals surface area (Å²) in [5.41, 5.74) is 2.04. The summed E-state index contributed by atoms with van der Waals surface area (Å²) >= 11 is 0. The highest BCUT2D eigenvalue weighted by Gasteiger charge is 2.44. The molecule has 2 atom stereocenters. The number of allylic oxidation sites excluding steroid dienone is 1. The van der Waals surface area contributed by atoms with Crippen LogP contribution in [0.15, 0.2) is 30.9 Å². The second kappa shape index (κ2) is 6.33. The van der Waals surface area contributed by atoms with Crippen molar-refractivity contribution >= 4 is 5.97 Å². The van der Waals surface area contributed by atoms with E-state index in [1.165, 1.54) is 5.56 Å². The first-order valence-corrected chi connectivity index (χ1v) is 7.57. The average Bonchev–Trinajstić information content (AvgIpc) is 2.47. The highest BCUT2D eigenvalue weighted by molar-refractivity contribution is 5.70. The standard InChI is InChI=1S/C18H24O3/c1-4-10-18(12-17(19)20)14(5-2)8-6-13-7-9-15(21-3)11-16(13)18/h4,7,9,11,14H,1,5-6,8,10,12H2,2-3H3,(H,19,20). The third-order valence-electron chi connectivity index (χ3n) is 4.87. The quantitative estimate of drug-likeness (QED) is 0.806. The lowest BCUT2D eigenvalue weighted by atomic mass is 9.59. The van der Waals surface area contributed by atoms with E-state index in [9.17, 15) is 9.90 Å². The third kappa shape index (κ3) is 2.82. The topological polar surface area (TPSA) is 46.5 Å².